The molecule has 17 heavy (non-hydrogen) atoms. The van der Waals surface area contributed by atoms with Crippen molar-refractivity contribution < 1.29 is 9.53 Å². The van der Waals surface area contributed by atoms with Gasteiger partial charge >= 0.3 is 0 Å². The first-order valence-electron chi connectivity index (χ1n) is 6.81. The number of piperidine rings is 1. The van der Waals surface area contributed by atoms with Gasteiger partial charge in [0.15, 0.2) is 0 Å². The molecule has 4 nitrogen and oxygen atoms in total. The van der Waals surface area contributed by atoms with Gasteiger partial charge in [0.25, 0.3) is 0 Å². The molecule has 1 unspecified atom stereocenters. The lowest BCUT2D eigenvalue weighted by Gasteiger charge is -2.22. The molecule has 1 amide bonds. The minimum Gasteiger partial charge on any atom is -0.378 e. The fraction of sp³-hybridized carbons (Fsp3) is 0.923. The third-order valence-corrected chi connectivity index (χ3v) is 3.31. The summed E-state index contributed by atoms with van der Waals surface area (Å²) in [6.45, 7) is 7.68. The summed E-state index contributed by atoms with van der Waals surface area (Å²) < 4.78 is 5.69. The molecule has 0 bridgehead atoms. The van der Waals surface area contributed by atoms with Crippen LogP contribution < -0.4 is 10.6 Å². The van der Waals surface area contributed by atoms with Crippen LogP contribution in [-0.2, 0) is 9.53 Å². The molecule has 100 valence electrons. The van der Waals surface area contributed by atoms with Gasteiger partial charge in [-0.15, -0.1) is 0 Å². The maximum atomic E-state index is 11.5. The highest BCUT2D eigenvalue weighted by molar-refractivity contribution is 5.75. The Kier molecular flexibility index (Phi) is 7.21. The quantitative estimate of drug-likeness (QED) is 0.707. The van der Waals surface area contributed by atoms with Crippen molar-refractivity contribution in [3.8, 4) is 0 Å². The van der Waals surface area contributed by atoms with Gasteiger partial charge in [-0.25, -0.2) is 0 Å². The largest absolute Gasteiger partial charge is 0.378 e. The summed E-state index contributed by atoms with van der Waals surface area (Å²) in [7, 11) is 0. The van der Waals surface area contributed by atoms with E-state index in [0.29, 0.717) is 25.0 Å². The number of ether oxygens (including phenoxy) is 1. The molecule has 0 saturated carbocycles. The summed E-state index contributed by atoms with van der Waals surface area (Å²) in [5, 5.41) is 6.23. The second-order valence-corrected chi connectivity index (χ2v) is 4.89. The van der Waals surface area contributed by atoms with Crippen molar-refractivity contribution in [1.29, 1.82) is 0 Å². The van der Waals surface area contributed by atoms with Crippen molar-refractivity contribution in [1.82, 2.24) is 10.6 Å². The topological polar surface area (TPSA) is 50.4 Å². The van der Waals surface area contributed by atoms with Crippen molar-refractivity contribution in [3.05, 3.63) is 0 Å². The molecule has 1 rings (SSSR count). The summed E-state index contributed by atoms with van der Waals surface area (Å²) in [5.41, 5.74) is 0. The molecule has 4 heteroatoms. The summed E-state index contributed by atoms with van der Waals surface area (Å²) in [6, 6.07) is 0. The zero-order valence-electron chi connectivity index (χ0n) is 11.1. The minimum atomic E-state index is 0.110. The number of hydrogen-bond donors (Lipinski definition) is 2. The lowest BCUT2D eigenvalue weighted by Crippen LogP contribution is -2.34. The van der Waals surface area contributed by atoms with E-state index in [4.69, 9.17) is 4.74 Å². The van der Waals surface area contributed by atoms with E-state index in [2.05, 4.69) is 24.5 Å². The number of rotatable bonds is 7. The zero-order valence-corrected chi connectivity index (χ0v) is 11.1. The van der Waals surface area contributed by atoms with Crippen molar-refractivity contribution >= 4 is 5.91 Å². The lowest BCUT2D eigenvalue weighted by molar-refractivity contribution is -0.122. The Labute approximate surface area is 104 Å². The van der Waals surface area contributed by atoms with Gasteiger partial charge in [0.05, 0.1) is 12.7 Å². The molecule has 1 fully saturated rings. The summed E-state index contributed by atoms with van der Waals surface area (Å²) in [6.07, 6.45) is 4.06. The van der Waals surface area contributed by atoms with Crippen molar-refractivity contribution in [3.63, 3.8) is 0 Å². The van der Waals surface area contributed by atoms with Gasteiger partial charge < -0.3 is 15.4 Å². The molecular formula is C13H26N2O2. The van der Waals surface area contributed by atoms with Gasteiger partial charge in [-0.05, 0) is 31.8 Å². The van der Waals surface area contributed by atoms with Crippen LogP contribution >= 0.6 is 0 Å². The molecule has 0 aliphatic carbocycles. The van der Waals surface area contributed by atoms with E-state index in [1.807, 2.05) is 0 Å². The van der Waals surface area contributed by atoms with Crippen LogP contribution in [0, 0.1) is 5.92 Å². The number of nitrogens with one attached hydrogen (secondary N) is 2. The van der Waals surface area contributed by atoms with Crippen LogP contribution in [0.25, 0.3) is 0 Å². The molecule has 1 aliphatic heterocycles. The standard InChI is InChI=1S/C13H26N2O2/c1-3-11(2)10-15-13(16)6-9-17-12-4-7-14-8-5-12/h11-12,14H,3-10H2,1-2H3,(H,15,16). The maximum absolute atomic E-state index is 11.5. The smallest absolute Gasteiger partial charge is 0.222 e. The Morgan fingerprint density at radius 3 is 2.82 bits per heavy atom. The first-order valence-corrected chi connectivity index (χ1v) is 6.81. The molecule has 0 aromatic carbocycles. The van der Waals surface area contributed by atoms with Crippen LogP contribution in [0.15, 0.2) is 0 Å². The maximum Gasteiger partial charge on any atom is 0.222 e. The Bertz CT molecular complexity index is 215. The van der Waals surface area contributed by atoms with Gasteiger partial charge in [-0.2, -0.15) is 0 Å². The number of amides is 1. The first kappa shape index (κ1) is 14.5. The molecule has 1 aliphatic rings. The molecule has 0 radical (unpaired) electrons. The minimum absolute atomic E-state index is 0.110. The molecule has 2 N–H and O–H groups in total. The highest BCUT2D eigenvalue weighted by Crippen LogP contribution is 2.07. The average molecular weight is 242 g/mol. The third-order valence-electron chi connectivity index (χ3n) is 3.31. The van der Waals surface area contributed by atoms with Gasteiger partial charge in [0.2, 0.25) is 5.91 Å². The summed E-state index contributed by atoms with van der Waals surface area (Å²) in [5.74, 6) is 0.670. The second kappa shape index (κ2) is 8.48. The van der Waals surface area contributed by atoms with E-state index >= 15 is 0 Å². The highest BCUT2D eigenvalue weighted by atomic mass is 16.5. The monoisotopic (exact) mass is 242 g/mol. The lowest BCUT2D eigenvalue weighted by atomic mass is 10.1. The predicted molar refractivity (Wildman–Crippen MR) is 68.9 cm³/mol. The Hall–Kier alpha value is -0.610. The van der Waals surface area contributed by atoms with Crippen LogP contribution in [0.1, 0.15) is 39.5 Å². The fourth-order valence-electron chi connectivity index (χ4n) is 1.80. The van der Waals surface area contributed by atoms with Crippen LogP contribution in [0.3, 0.4) is 0 Å². The van der Waals surface area contributed by atoms with E-state index in [0.717, 1.165) is 38.9 Å². The number of carbonyl (C=O) groups excluding carboxylic acids is 1. The number of hydrogen-bond acceptors (Lipinski definition) is 3. The van der Waals surface area contributed by atoms with Gasteiger partial charge in [0.1, 0.15) is 0 Å². The SMILES string of the molecule is CCC(C)CNC(=O)CCOC1CCNCC1. The normalized spacial score (nSPS) is 18.9. The molecule has 1 heterocycles. The van der Waals surface area contributed by atoms with E-state index in [1.165, 1.54) is 0 Å². The van der Waals surface area contributed by atoms with Gasteiger partial charge in [-0.1, -0.05) is 20.3 Å². The Morgan fingerprint density at radius 2 is 2.18 bits per heavy atom. The second-order valence-electron chi connectivity index (χ2n) is 4.89. The molecule has 0 spiro atoms. The van der Waals surface area contributed by atoms with E-state index < -0.39 is 0 Å². The van der Waals surface area contributed by atoms with E-state index in [-0.39, 0.29) is 5.91 Å². The predicted octanol–water partition coefficient (Wildman–Crippen LogP) is 1.31. The Morgan fingerprint density at radius 1 is 1.47 bits per heavy atom. The molecule has 1 atom stereocenters. The van der Waals surface area contributed by atoms with Crippen molar-refractivity contribution in [2.75, 3.05) is 26.2 Å². The third kappa shape index (κ3) is 6.64. The summed E-state index contributed by atoms with van der Waals surface area (Å²) in [4.78, 5) is 11.5. The summed E-state index contributed by atoms with van der Waals surface area (Å²) >= 11 is 0. The van der Waals surface area contributed by atoms with Crippen LogP contribution in [0.5, 0.6) is 0 Å². The molecule has 0 aromatic heterocycles. The fourth-order valence-corrected chi connectivity index (χ4v) is 1.80. The van der Waals surface area contributed by atoms with Crippen molar-refractivity contribution in [2.45, 2.75) is 45.6 Å². The van der Waals surface area contributed by atoms with Gasteiger partial charge in [-0.3, -0.25) is 4.79 Å². The van der Waals surface area contributed by atoms with Gasteiger partial charge in [0, 0.05) is 13.0 Å². The van der Waals surface area contributed by atoms with Crippen molar-refractivity contribution in [2.24, 2.45) is 5.92 Å². The molecule has 0 aromatic rings. The number of carbonyl (C=O) groups is 1. The Balaban J connectivity index is 1.99. The molecular weight excluding hydrogens is 216 g/mol. The average Bonchev–Trinajstić information content (AvgIpc) is 2.37. The highest BCUT2D eigenvalue weighted by Gasteiger charge is 2.13. The first-order chi connectivity index (χ1) is 8.22. The van der Waals surface area contributed by atoms with E-state index in [9.17, 15) is 4.79 Å². The zero-order chi connectivity index (χ0) is 12.5. The van der Waals surface area contributed by atoms with Crippen LogP contribution in [-0.4, -0.2) is 38.3 Å². The molecule has 1 saturated heterocycles. The van der Waals surface area contributed by atoms with E-state index in [1.54, 1.807) is 0 Å². The van der Waals surface area contributed by atoms with Crippen LogP contribution in [0.4, 0.5) is 0 Å². The van der Waals surface area contributed by atoms with Crippen LogP contribution in [0.2, 0.25) is 0 Å².